The molecule has 0 atom stereocenters. The number of rotatable bonds is 4. The summed E-state index contributed by atoms with van der Waals surface area (Å²) in [7, 11) is 0. The van der Waals surface area contributed by atoms with E-state index in [1.54, 1.807) is 37.3 Å². The number of aryl methyl sites for hydroxylation is 1. The predicted octanol–water partition coefficient (Wildman–Crippen LogP) is 4.79. The summed E-state index contributed by atoms with van der Waals surface area (Å²) in [6, 6.07) is 16.0. The van der Waals surface area contributed by atoms with Gasteiger partial charge in [0, 0.05) is 23.0 Å². The lowest BCUT2D eigenvalue weighted by atomic mass is 9.87. The first kappa shape index (κ1) is 19.4. The van der Waals surface area contributed by atoms with E-state index in [9.17, 15) is 9.59 Å². The summed E-state index contributed by atoms with van der Waals surface area (Å²) in [6.07, 6.45) is 0. The van der Waals surface area contributed by atoms with E-state index in [4.69, 9.17) is 4.52 Å². The second-order valence-corrected chi connectivity index (χ2v) is 7.65. The maximum absolute atomic E-state index is 12.5. The number of hydrogen-bond donors (Lipinski definition) is 2. The van der Waals surface area contributed by atoms with Gasteiger partial charge in [-0.1, -0.05) is 44.1 Å². The van der Waals surface area contributed by atoms with E-state index in [0.717, 1.165) is 5.56 Å². The van der Waals surface area contributed by atoms with Gasteiger partial charge in [-0.05, 0) is 48.2 Å². The summed E-state index contributed by atoms with van der Waals surface area (Å²) in [5.74, 6) is -0.484. The molecule has 0 saturated heterocycles. The predicted molar refractivity (Wildman–Crippen MR) is 109 cm³/mol. The fourth-order valence-electron chi connectivity index (χ4n) is 2.66. The maximum atomic E-state index is 12.5. The van der Waals surface area contributed by atoms with Gasteiger partial charge in [-0.2, -0.15) is 0 Å². The number of anilines is 2. The van der Waals surface area contributed by atoms with Gasteiger partial charge in [0.05, 0.1) is 5.69 Å². The number of nitrogens with one attached hydrogen (secondary N) is 2. The molecule has 0 radical (unpaired) electrons. The summed E-state index contributed by atoms with van der Waals surface area (Å²) in [5.41, 5.74) is 3.51. The van der Waals surface area contributed by atoms with Crippen LogP contribution >= 0.6 is 0 Å². The van der Waals surface area contributed by atoms with Crippen LogP contribution in [0.4, 0.5) is 11.4 Å². The number of carbonyl (C=O) groups is 2. The first-order valence-corrected chi connectivity index (χ1v) is 8.99. The molecular weight excluding hydrogens is 354 g/mol. The van der Waals surface area contributed by atoms with Crippen LogP contribution in [0.3, 0.4) is 0 Å². The van der Waals surface area contributed by atoms with Crippen LogP contribution < -0.4 is 10.6 Å². The molecule has 0 aliphatic carbocycles. The zero-order chi connectivity index (χ0) is 20.3. The molecule has 0 aliphatic heterocycles. The monoisotopic (exact) mass is 377 g/mol. The van der Waals surface area contributed by atoms with Crippen LogP contribution in [0.25, 0.3) is 0 Å². The third-order valence-electron chi connectivity index (χ3n) is 4.24. The molecule has 0 fully saturated rings. The van der Waals surface area contributed by atoms with Crippen LogP contribution in [-0.2, 0) is 5.41 Å². The van der Waals surface area contributed by atoms with Crippen molar-refractivity contribution in [2.75, 3.05) is 10.6 Å². The number of aromatic nitrogens is 1. The minimum atomic E-state index is -0.401. The standard InChI is InChI=1S/C22H23N3O3/c1-14-12-19(28-25-14)21(27)24-18-7-5-6-17(13-18)23-20(26)15-8-10-16(11-9-15)22(2,3)4/h5-13H,1-4H3,(H,23,26)(H,24,27). The molecule has 1 aromatic heterocycles. The van der Waals surface area contributed by atoms with E-state index >= 15 is 0 Å². The van der Waals surface area contributed by atoms with Crippen molar-refractivity contribution in [1.82, 2.24) is 5.16 Å². The Balaban J connectivity index is 1.68. The fourth-order valence-corrected chi connectivity index (χ4v) is 2.66. The van der Waals surface area contributed by atoms with Gasteiger partial charge >= 0.3 is 0 Å². The van der Waals surface area contributed by atoms with Crippen LogP contribution in [0, 0.1) is 6.92 Å². The Hall–Kier alpha value is -3.41. The highest BCUT2D eigenvalue weighted by Gasteiger charge is 2.15. The largest absolute Gasteiger partial charge is 0.351 e. The number of carbonyl (C=O) groups excluding carboxylic acids is 2. The minimum absolute atomic E-state index is 0.0313. The van der Waals surface area contributed by atoms with Crippen molar-refractivity contribution >= 4 is 23.2 Å². The van der Waals surface area contributed by atoms with Gasteiger partial charge < -0.3 is 15.2 Å². The van der Waals surface area contributed by atoms with Crippen molar-refractivity contribution in [3.05, 3.63) is 77.2 Å². The Morgan fingerprint density at radius 3 is 2.04 bits per heavy atom. The highest BCUT2D eigenvalue weighted by Crippen LogP contribution is 2.23. The molecule has 2 amide bonds. The SMILES string of the molecule is Cc1cc(C(=O)Nc2cccc(NC(=O)c3ccc(C(C)(C)C)cc3)c2)on1. The molecule has 3 rings (SSSR count). The van der Waals surface area contributed by atoms with Crippen molar-refractivity contribution in [3.8, 4) is 0 Å². The lowest BCUT2D eigenvalue weighted by molar-refractivity contribution is 0.0986. The van der Waals surface area contributed by atoms with E-state index in [2.05, 4.69) is 36.6 Å². The Kier molecular flexibility index (Phi) is 5.31. The Morgan fingerprint density at radius 2 is 1.50 bits per heavy atom. The second-order valence-electron chi connectivity index (χ2n) is 7.65. The van der Waals surface area contributed by atoms with Gasteiger partial charge in [-0.15, -0.1) is 0 Å². The molecule has 3 aromatic rings. The van der Waals surface area contributed by atoms with Crippen molar-refractivity contribution in [3.63, 3.8) is 0 Å². The summed E-state index contributed by atoms with van der Waals surface area (Å²) < 4.78 is 4.95. The van der Waals surface area contributed by atoms with Gasteiger partial charge in [-0.3, -0.25) is 9.59 Å². The third kappa shape index (κ3) is 4.65. The average molecular weight is 377 g/mol. The lowest BCUT2D eigenvalue weighted by Crippen LogP contribution is -2.15. The molecule has 0 saturated carbocycles. The topological polar surface area (TPSA) is 84.2 Å². The highest BCUT2D eigenvalue weighted by molar-refractivity contribution is 6.05. The number of benzene rings is 2. The molecule has 1 heterocycles. The molecule has 0 unspecified atom stereocenters. The Morgan fingerprint density at radius 1 is 0.893 bits per heavy atom. The highest BCUT2D eigenvalue weighted by atomic mass is 16.5. The van der Waals surface area contributed by atoms with E-state index in [0.29, 0.717) is 22.6 Å². The smallest absolute Gasteiger partial charge is 0.294 e. The molecule has 0 bridgehead atoms. The van der Waals surface area contributed by atoms with E-state index in [-0.39, 0.29) is 17.1 Å². The number of nitrogens with zero attached hydrogens (tertiary/aromatic N) is 1. The van der Waals surface area contributed by atoms with Crippen molar-refractivity contribution in [2.24, 2.45) is 0 Å². The van der Waals surface area contributed by atoms with Gasteiger partial charge in [0.25, 0.3) is 11.8 Å². The molecule has 2 aromatic carbocycles. The molecule has 2 N–H and O–H groups in total. The van der Waals surface area contributed by atoms with E-state index in [1.165, 1.54) is 0 Å². The van der Waals surface area contributed by atoms with E-state index in [1.807, 2.05) is 24.3 Å². The molecule has 6 nitrogen and oxygen atoms in total. The van der Waals surface area contributed by atoms with Crippen molar-refractivity contribution < 1.29 is 14.1 Å². The molecule has 0 aliphatic rings. The van der Waals surface area contributed by atoms with Crippen LogP contribution in [0.2, 0.25) is 0 Å². The Labute approximate surface area is 163 Å². The maximum Gasteiger partial charge on any atom is 0.294 e. The van der Waals surface area contributed by atoms with Crippen LogP contribution in [0.5, 0.6) is 0 Å². The van der Waals surface area contributed by atoms with E-state index < -0.39 is 5.91 Å². The third-order valence-corrected chi connectivity index (χ3v) is 4.24. The van der Waals surface area contributed by atoms with Gasteiger partial charge in [-0.25, -0.2) is 0 Å². The molecular formula is C22H23N3O3. The first-order valence-electron chi connectivity index (χ1n) is 8.99. The fraction of sp³-hybridized carbons (Fsp3) is 0.227. The molecule has 28 heavy (non-hydrogen) atoms. The van der Waals surface area contributed by atoms with Crippen LogP contribution in [0.1, 0.15) is 52.9 Å². The summed E-state index contributed by atoms with van der Waals surface area (Å²) in [4.78, 5) is 24.7. The van der Waals surface area contributed by atoms with Gasteiger partial charge in [0.15, 0.2) is 0 Å². The van der Waals surface area contributed by atoms with Gasteiger partial charge in [0.2, 0.25) is 5.76 Å². The molecule has 144 valence electrons. The van der Waals surface area contributed by atoms with Crippen molar-refractivity contribution in [1.29, 1.82) is 0 Å². The zero-order valence-electron chi connectivity index (χ0n) is 16.4. The lowest BCUT2D eigenvalue weighted by Gasteiger charge is -2.19. The number of amides is 2. The quantitative estimate of drug-likeness (QED) is 0.685. The van der Waals surface area contributed by atoms with Crippen LogP contribution in [0.15, 0.2) is 59.1 Å². The van der Waals surface area contributed by atoms with Gasteiger partial charge in [0.1, 0.15) is 0 Å². The zero-order valence-corrected chi connectivity index (χ0v) is 16.4. The minimum Gasteiger partial charge on any atom is -0.351 e. The van der Waals surface area contributed by atoms with Crippen LogP contribution in [-0.4, -0.2) is 17.0 Å². The number of hydrogen-bond acceptors (Lipinski definition) is 4. The first-order chi connectivity index (χ1) is 13.2. The van der Waals surface area contributed by atoms with Crippen molar-refractivity contribution in [2.45, 2.75) is 33.1 Å². The molecule has 0 spiro atoms. The average Bonchev–Trinajstić information content (AvgIpc) is 3.08. The summed E-state index contributed by atoms with van der Waals surface area (Å²) in [5, 5.41) is 9.27. The Bertz CT molecular complexity index is 998. The normalized spacial score (nSPS) is 11.1. The molecule has 6 heteroatoms. The summed E-state index contributed by atoms with van der Waals surface area (Å²) >= 11 is 0. The summed E-state index contributed by atoms with van der Waals surface area (Å²) in [6.45, 7) is 8.12. The second kappa shape index (κ2) is 7.68.